The van der Waals surface area contributed by atoms with Crippen molar-refractivity contribution in [2.75, 3.05) is 33.0 Å². The van der Waals surface area contributed by atoms with Crippen LogP contribution in [0.4, 0.5) is 0 Å². The molecule has 0 aliphatic heterocycles. The quantitative estimate of drug-likeness (QED) is 0.228. The topological polar surface area (TPSA) is 322 Å². The molecule has 21 nitrogen and oxygen atoms in total. The molecule has 0 aromatic heterocycles. The first-order chi connectivity index (χ1) is 14.6. The molecule has 0 bridgehead atoms. The van der Waals surface area contributed by atoms with Crippen LogP contribution in [-0.2, 0) is 43.9 Å². The summed E-state index contributed by atoms with van der Waals surface area (Å²) in [5.74, 6) is 0. The summed E-state index contributed by atoms with van der Waals surface area (Å²) in [4.78, 5) is 33.0. The predicted octanol–water partition coefficient (Wildman–Crippen LogP) is 0.608. The van der Waals surface area contributed by atoms with Crippen molar-refractivity contribution in [2.24, 2.45) is 0 Å². The van der Waals surface area contributed by atoms with Crippen LogP contribution in [-0.4, -0.2) is 67.5 Å². The zero-order valence-electron chi connectivity index (χ0n) is 18.3. The Kier molecular flexibility index (Phi) is 58.6. The van der Waals surface area contributed by atoms with Crippen molar-refractivity contribution in [1.82, 2.24) is 0 Å². The fraction of sp³-hybridized carbons (Fsp3) is 1.00. The predicted molar refractivity (Wildman–Crippen MR) is 106 cm³/mol. The van der Waals surface area contributed by atoms with Gasteiger partial charge in [-0.25, -0.2) is 0 Å². The summed E-state index contributed by atoms with van der Waals surface area (Å²) in [5.41, 5.74) is 0. The average Bonchev–Trinajstić information content (AvgIpc) is 2.54. The number of hydrogen-bond donors (Lipinski definition) is 1. The van der Waals surface area contributed by atoms with E-state index in [0.717, 1.165) is 0 Å². The Morgan fingerprint density at radius 1 is 0.545 bits per heavy atom. The molecule has 1 N–H and O–H groups in total. The number of aliphatic hydroxyl groups is 1. The molecule has 0 amide bonds. The molecule has 33 heavy (non-hydrogen) atoms. The molecule has 0 radical (unpaired) electrons. The van der Waals surface area contributed by atoms with E-state index in [-0.39, 0.29) is 32.8 Å². The van der Waals surface area contributed by atoms with E-state index in [1.165, 1.54) is 0 Å². The Bertz CT molecular complexity index is 357. The number of nitrogens with zero attached hydrogens (tertiary/aromatic N) is 4. The molecule has 0 aliphatic rings. The summed E-state index contributed by atoms with van der Waals surface area (Å²) >= 11 is 0. The van der Waals surface area contributed by atoms with Crippen molar-refractivity contribution in [3.05, 3.63) is 61.3 Å². The Labute approximate surface area is 207 Å². The first-order valence-corrected chi connectivity index (χ1v) is 9.65. The van der Waals surface area contributed by atoms with Crippen LogP contribution >= 0.6 is 0 Å². The second kappa shape index (κ2) is 40.1. The van der Waals surface area contributed by atoms with Crippen molar-refractivity contribution in [3.63, 3.8) is 0 Å². The minimum atomic E-state index is -2.80. The van der Waals surface area contributed by atoms with Crippen LogP contribution in [0, 0.1) is 61.3 Å². The van der Waals surface area contributed by atoms with Gasteiger partial charge in [-0.3, -0.25) is 0 Å². The third-order valence-electron chi connectivity index (χ3n) is 1.28. The van der Waals surface area contributed by atoms with Gasteiger partial charge in [-0.2, -0.15) is 0 Å². The van der Waals surface area contributed by atoms with Gasteiger partial charge in [-0.05, 0) is 34.6 Å². The molecule has 0 heterocycles. The van der Waals surface area contributed by atoms with Gasteiger partial charge in [0.05, 0.1) is 20.3 Å². The first-order valence-electron chi connectivity index (χ1n) is 8.01. The van der Waals surface area contributed by atoms with Crippen LogP contribution in [0.15, 0.2) is 0 Å². The minimum absolute atomic E-state index is 0. The zero-order valence-corrected chi connectivity index (χ0v) is 21.8. The smallest absolute Gasteiger partial charge is 0.397 e. The van der Waals surface area contributed by atoms with Gasteiger partial charge in [-0.1, -0.05) is 0 Å². The van der Waals surface area contributed by atoms with Gasteiger partial charge in [0, 0.05) is 33.0 Å². The van der Waals surface area contributed by atoms with Crippen molar-refractivity contribution in [3.8, 4) is 0 Å². The maximum Gasteiger partial charge on any atom is 4.00 e. The largest absolute Gasteiger partial charge is 4.00 e. The standard InChI is InChI=1S/C8H20O4Si.C2H6O.4NO3.Zr/c1-5-9-13(10-6-2,11-7-3)12-8-4;1-2-3;4*2-1(3)4;/h5-8H2,1-4H3;3H,2H2,1H3;;;;;/q;;4*-1;+4. The molecule has 0 unspecified atom stereocenters. The molecule has 0 fully saturated rings. The number of aliphatic hydroxyl groups excluding tert-OH is 1. The molecule has 0 aromatic carbocycles. The summed E-state index contributed by atoms with van der Waals surface area (Å²) < 4.78 is 21.7. The summed E-state index contributed by atoms with van der Waals surface area (Å²) in [5, 5.41) is 66.6. The fourth-order valence-corrected chi connectivity index (χ4v) is 2.87. The fourth-order valence-electron chi connectivity index (χ4n) is 0.957. The average molecular weight is 594 g/mol. The summed E-state index contributed by atoms with van der Waals surface area (Å²) in [7, 11) is -2.80. The van der Waals surface area contributed by atoms with Gasteiger partial charge in [0.25, 0.3) is 0 Å². The molecule has 0 rings (SSSR count). The third-order valence-corrected chi connectivity index (χ3v) is 3.85. The molecule has 196 valence electrons. The summed E-state index contributed by atoms with van der Waals surface area (Å²) in [6.07, 6.45) is 0. The van der Waals surface area contributed by atoms with E-state index in [1.54, 1.807) is 6.92 Å². The minimum Gasteiger partial charge on any atom is -0.397 e. The third kappa shape index (κ3) is 121. The molecule has 0 aromatic rings. The van der Waals surface area contributed by atoms with Crippen LogP contribution in [0.1, 0.15) is 34.6 Å². The second-order valence-electron chi connectivity index (χ2n) is 3.44. The Hall–Kier alpha value is -2.30. The monoisotopic (exact) mass is 592 g/mol. The Balaban J connectivity index is -0.0000000562. The van der Waals surface area contributed by atoms with Crippen molar-refractivity contribution < 1.29 is 69.4 Å². The van der Waals surface area contributed by atoms with Gasteiger partial charge < -0.3 is 84.1 Å². The van der Waals surface area contributed by atoms with Gasteiger partial charge >= 0.3 is 35.3 Å². The van der Waals surface area contributed by atoms with E-state index in [1.807, 2.05) is 27.7 Å². The van der Waals surface area contributed by atoms with Crippen LogP contribution < -0.4 is 0 Å². The molecular formula is C10H26N4O17SiZr. The van der Waals surface area contributed by atoms with E-state index in [0.29, 0.717) is 26.4 Å². The van der Waals surface area contributed by atoms with E-state index in [2.05, 4.69) is 0 Å². The molecule has 0 aliphatic carbocycles. The van der Waals surface area contributed by atoms with Crippen LogP contribution in [0.5, 0.6) is 0 Å². The maximum atomic E-state index is 8.25. The van der Waals surface area contributed by atoms with Gasteiger partial charge in [0.1, 0.15) is 0 Å². The normalized spacial score (nSPS) is 8.18. The maximum absolute atomic E-state index is 8.25. The molecular weight excluding hydrogens is 567 g/mol. The molecule has 23 heteroatoms. The van der Waals surface area contributed by atoms with Crippen molar-refractivity contribution in [1.29, 1.82) is 0 Å². The molecule has 0 atom stereocenters. The van der Waals surface area contributed by atoms with Crippen LogP contribution in [0.2, 0.25) is 0 Å². The van der Waals surface area contributed by atoms with Crippen LogP contribution in [0.3, 0.4) is 0 Å². The number of rotatable bonds is 8. The second-order valence-corrected chi connectivity index (χ2v) is 5.60. The summed E-state index contributed by atoms with van der Waals surface area (Å²) in [6.45, 7) is 11.7. The number of hydrogen-bond acceptors (Lipinski definition) is 17. The van der Waals surface area contributed by atoms with E-state index in [9.17, 15) is 0 Å². The molecule has 0 spiro atoms. The summed E-state index contributed by atoms with van der Waals surface area (Å²) in [6, 6.07) is 0. The molecule has 0 saturated carbocycles. The zero-order chi connectivity index (χ0) is 27.2. The molecule has 0 saturated heterocycles. The Morgan fingerprint density at radius 2 is 0.636 bits per heavy atom. The van der Waals surface area contributed by atoms with E-state index >= 15 is 0 Å². The van der Waals surface area contributed by atoms with Crippen molar-refractivity contribution in [2.45, 2.75) is 34.6 Å². The van der Waals surface area contributed by atoms with E-state index < -0.39 is 29.4 Å². The van der Waals surface area contributed by atoms with Crippen LogP contribution in [0.25, 0.3) is 0 Å². The van der Waals surface area contributed by atoms with Gasteiger partial charge in [-0.15, -0.1) is 0 Å². The Morgan fingerprint density at radius 3 is 0.697 bits per heavy atom. The van der Waals surface area contributed by atoms with E-state index in [4.69, 9.17) is 84.1 Å². The van der Waals surface area contributed by atoms with Crippen molar-refractivity contribution >= 4 is 9.05 Å². The van der Waals surface area contributed by atoms with Gasteiger partial charge in [0.2, 0.25) is 0 Å². The first kappa shape index (κ1) is 48.2. The SMILES string of the molecule is CCO.CCO[Si](OCC)(OCC)OCC.O=[N+]([O-])[O-].O=[N+]([O-])[O-].O=[N+]([O-])[O-].O=[N+]([O-])[O-].[Zr+4]. The van der Waals surface area contributed by atoms with Gasteiger partial charge in [0.15, 0.2) is 0 Å².